The van der Waals surface area contributed by atoms with E-state index in [0.717, 1.165) is 24.8 Å². The summed E-state index contributed by atoms with van der Waals surface area (Å²) in [6.07, 6.45) is 3.20. The highest BCUT2D eigenvalue weighted by molar-refractivity contribution is 5.79. The summed E-state index contributed by atoms with van der Waals surface area (Å²) in [5, 5.41) is 3.13. The second-order valence-corrected chi connectivity index (χ2v) is 5.67. The van der Waals surface area contributed by atoms with Crippen LogP contribution in [0.2, 0.25) is 0 Å². The Labute approximate surface area is 115 Å². The van der Waals surface area contributed by atoms with Crippen LogP contribution in [0, 0.1) is 18.8 Å². The van der Waals surface area contributed by atoms with Crippen molar-refractivity contribution in [3.8, 4) is 0 Å². The summed E-state index contributed by atoms with van der Waals surface area (Å²) in [5.41, 5.74) is 8.13. The van der Waals surface area contributed by atoms with Gasteiger partial charge < -0.3 is 11.1 Å². The van der Waals surface area contributed by atoms with Crippen molar-refractivity contribution >= 4 is 5.91 Å². The fourth-order valence-corrected chi connectivity index (χ4v) is 2.92. The summed E-state index contributed by atoms with van der Waals surface area (Å²) in [5.74, 6) is 0.643. The van der Waals surface area contributed by atoms with Crippen LogP contribution in [-0.4, -0.2) is 12.5 Å². The molecule has 1 amide bonds. The minimum atomic E-state index is 0.0622. The number of carbonyl (C=O) groups is 1. The van der Waals surface area contributed by atoms with Gasteiger partial charge in [0.15, 0.2) is 0 Å². The Balaban J connectivity index is 1.96. The molecule has 0 aliphatic heterocycles. The summed E-state index contributed by atoms with van der Waals surface area (Å²) in [6, 6.07) is 8.38. The number of nitrogens with two attached hydrogens (primary N) is 1. The maximum Gasteiger partial charge on any atom is 0.223 e. The molecule has 1 fully saturated rings. The van der Waals surface area contributed by atoms with E-state index >= 15 is 0 Å². The van der Waals surface area contributed by atoms with Crippen LogP contribution in [0.1, 0.15) is 43.4 Å². The van der Waals surface area contributed by atoms with Gasteiger partial charge >= 0.3 is 0 Å². The second-order valence-electron chi connectivity index (χ2n) is 5.67. The highest BCUT2D eigenvalue weighted by Crippen LogP contribution is 2.31. The number of aryl methyl sites for hydroxylation is 1. The Kier molecular flexibility index (Phi) is 4.59. The van der Waals surface area contributed by atoms with Crippen LogP contribution in [0.15, 0.2) is 24.3 Å². The zero-order valence-electron chi connectivity index (χ0n) is 11.9. The van der Waals surface area contributed by atoms with Crippen LogP contribution in [-0.2, 0) is 4.79 Å². The highest BCUT2D eigenvalue weighted by Gasteiger charge is 2.32. The Morgan fingerprint density at radius 2 is 2.05 bits per heavy atom. The van der Waals surface area contributed by atoms with Gasteiger partial charge in [-0.1, -0.05) is 36.2 Å². The van der Waals surface area contributed by atoms with Gasteiger partial charge in [-0.3, -0.25) is 4.79 Å². The molecule has 0 aromatic heterocycles. The number of rotatable bonds is 4. The van der Waals surface area contributed by atoms with Crippen LogP contribution in [0.4, 0.5) is 0 Å². The van der Waals surface area contributed by atoms with E-state index < -0.39 is 0 Å². The lowest BCUT2D eigenvalue weighted by Gasteiger charge is -2.21. The molecule has 2 rings (SSSR count). The molecule has 1 saturated carbocycles. The number of benzene rings is 1. The Hall–Kier alpha value is -1.35. The SMILES string of the molecule is Cc1ccc([C@@H](C)NC(=O)C2CCCC2CN)cc1. The van der Waals surface area contributed by atoms with E-state index in [1.165, 1.54) is 5.56 Å². The molecule has 0 spiro atoms. The first-order chi connectivity index (χ1) is 9.11. The Morgan fingerprint density at radius 3 is 2.68 bits per heavy atom. The van der Waals surface area contributed by atoms with Crippen LogP contribution in [0.25, 0.3) is 0 Å². The first-order valence-corrected chi connectivity index (χ1v) is 7.19. The monoisotopic (exact) mass is 260 g/mol. The van der Waals surface area contributed by atoms with Crippen LogP contribution in [0.5, 0.6) is 0 Å². The molecule has 0 heterocycles. The van der Waals surface area contributed by atoms with Crippen molar-refractivity contribution in [1.29, 1.82) is 0 Å². The standard InChI is InChI=1S/C16H24N2O/c1-11-6-8-13(9-7-11)12(2)18-16(19)15-5-3-4-14(15)10-17/h6-9,12,14-15H,3-5,10,17H2,1-2H3,(H,18,19)/t12-,14?,15?/m1/s1. The lowest BCUT2D eigenvalue weighted by atomic mass is 9.94. The average molecular weight is 260 g/mol. The lowest BCUT2D eigenvalue weighted by Crippen LogP contribution is -2.36. The van der Waals surface area contributed by atoms with Gasteiger partial charge in [-0.15, -0.1) is 0 Å². The van der Waals surface area contributed by atoms with Crippen LogP contribution >= 0.6 is 0 Å². The van der Waals surface area contributed by atoms with Gasteiger partial charge in [0.1, 0.15) is 0 Å². The second kappa shape index (κ2) is 6.20. The third kappa shape index (κ3) is 3.35. The Bertz CT molecular complexity index is 427. The highest BCUT2D eigenvalue weighted by atomic mass is 16.2. The third-order valence-electron chi connectivity index (χ3n) is 4.23. The van der Waals surface area contributed by atoms with Gasteiger partial charge in [0.2, 0.25) is 5.91 Å². The molecule has 0 saturated heterocycles. The van der Waals surface area contributed by atoms with Gasteiger partial charge in [-0.2, -0.15) is 0 Å². The molecule has 2 unspecified atom stereocenters. The van der Waals surface area contributed by atoms with Crippen LogP contribution < -0.4 is 11.1 Å². The summed E-state index contributed by atoms with van der Waals surface area (Å²) < 4.78 is 0. The molecule has 1 aromatic rings. The van der Waals surface area contributed by atoms with Gasteiger partial charge in [0, 0.05) is 5.92 Å². The smallest absolute Gasteiger partial charge is 0.223 e. The van der Waals surface area contributed by atoms with E-state index in [2.05, 4.69) is 36.5 Å². The molecule has 19 heavy (non-hydrogen) atoms. The van der Waals surface area contributed by atoms with E-state index in [1.54, 1.807) is 0 Å². The molecule has 104 valence electrons. The fraction of sp³-hybridized carbons (Fsp3) is 0.562. The molecular weight excluding hydrogens is 236 g/mol. The summed E-state index contributed by atoms with van der Waals surface area (Å²) >= 11 is 0. The normalized spacial score (nSPS) is 24.2. The van der Waals surface area contributed by atoms with Crippen molar-refractivity contribution in [3.63, 3.8) is 0 Å². The first kappa shape index (κ1) is 14.1. The first-order valence-electron chi connectivity index (χ1n) is 7.19. The predicted molar refractivity (Wildman–Crippen MR) is 77.6 cm³/mol. The maximum absolute atomic E-state index is 12.3. The van der Waals surface area contributed by atoms with Crippen molar-refractivity contribution in [2.75, 3.05) is 6.54 Å². The predicted octanol–water partition coefficient (Wildman–Crippen LogP) is 2.55. The number of hydrogen-bond acceptors (Lipinski definition) is 2. The quantitative estimate of drug-likeness (QED) is 0.874. The van der Waals surface area contributed by atoms with Gasteiger partial charge in [-0.25, -0.2) is 0 Å². The molecule has 3 atom stereocenters. The topological polar surface area (TPSA) is 55.1 Å². The molecule has 3 heteroatoms. The van der Waals surface area contributed by atoms with Crippen molar-refractivity contribution in [3.05, 3.63) is 35.4 Å². The minimum Gasteiger partial charge on any atom is -0.349 e. The fourth-order valence-electron chi connectivity index (χ4n) is 2.92. The van der Waals surface area contributed by atoms with Gasteiger partial charge in [-0.05, 0) is 44.7 Å². The van der Waals surface area contributed by atoms with E-state index in [1.807, 2.05) is 6.92 Å². The van der Waals surface area contributed by atoms with Crippen molar-refractivity contribution < 1.29 is 4.79 Å². The Morgan fingerprint density at radius 1 is 1.37 bits per heavy atom. The third-order valence-corrected chi connectivity index (χ3v) is 4.23. The molecule has 1 aromatic carbocycles. The zero-order chi connectivity index (χ0) is 13.8. The molecule has 3 nitrogen and oxygen atoms in total. The molecule has 0 bridgehead atoms. The largest absolute Gasteiger partial charge is 0.349 e. The number of amides is 1. The molecule has 1 aliphatic carbocycles. The lowest BCUT2D eigenvalue weighted by molar-refractivity contribution is -0.126. The number of hydrogen-bond donors (Lipinski definition) is 2. The molecule has 3 N–H and O–H groups in total. The minimum absolute atomic E-state index is 0.0622. The van der Waals surface area contributed by atoms with Crippen molar-refractivity contribution in [2.45, 2.75) is 39.2 Å². The van der Waals surface area contributed by atoms with E-state index in [-0.39, 0.29) is 17.9 Å². The average Bonchev–Trinajstić information content (AvgIpc) is 2.87. The maximum atomic E-state index is 12.3. The van der Waals surface area contributed by atoms with Gasteiger partial charge in [0.25, 0.3) is 0 Å². The summed E-state index contributed by atoms with van der Waals surface area (Å²) in [6.45, 7) is 4.73. The van der Waals surface area contributed by atoms with Crippen molar-refractivity contribution in [1.82, 2.24) is 5.32 Å². The molecule has 1 aliphatic rings. The van der Waals surface area contributed by atoms with Gasteiger partial charge in [0.05, 0.1) is 6.04 Å². The van der Waals surface area contributed by atoms with E-state index in [4.69, 9.17) is 5.73 Å². The van der Waals surface area contributed by atoms with Crippen molar-refractivity contribution in [2.24, 2.45) is 17.6 Å². The number of carbonyl (C=O) groups excluding carboxylic acids is 1. The van der Waals surface area contributed by atoms with Crippen LogP contribution in [0.3, 0.4) is 0 Å². The summed E-state index contributed by atoms with van der Waals surface area (Å²) in [7, 11) is 0. The summed E-state index contributed by atoms with van der Waals surface area (Å²) in [4.78, 5) is 12.3. The molecule has 0 radical (unpaired) electrons. The van der Waals surface area contributed by atoms with E-state index in [0.29, 0.717) is 12.5 Å². The molecular formula is C16H24N2O. The van der Waals surface area contributed by atoms with E-state index in [9.17, 15) is 4.79 Å². The number of nitrogens with one attached hydrogen (secondary N) is 1. The zero-order valence-corrected chi connectivity index (χ0v) is 11.9.